The van der Waals surface area contributed by atoms with Crippen LogP contribution in [0.1, 0.15) is 21.6 Å². The third kappa shape index (κ3) is 4.40. The van der Waals surface area contributed by atoms with Crippen molar-refractivity contribution in [3.05, 3.63) is 53.0 Å². The SMILES string of the molecule is Cc1ccc(NCCNC(=O)c2cccc(C(F)(F)F)c2F)nn1. The zero-order valence-corrected chi connectivity index (χ0v) is 12.6. The maximum Gasteiger partial charge on any atom is 0.419 e. The summed E-state index contributed by atoms with van der Waals surface area (Å²) in [5, 5.41) is 12.9. The first kappa shape index (κ1) is 17.6. The Labute approximate surface area is 135 Å². The number of hydrogen-bond acceptors (Lipinski definition) is 4. The predicted octanol–water partition coefficient (Wildman–Crippen LogP) is 2.78. The maximum atomic E-state index is 13.8. The minimum absolute atomic E-state index is 0.0735. The van der Waals surface area contributed by atoms with E-state index in [-0.39, 0.29) is 13.1 Å². The molecule has 0 atom stereocenters. The minimum atomic E-state index is -4.86. The summed E-state index contributed by atoms with van der Waals surface area (Å²) in [5.74, 6) is -2.02. The number of anilines is 1. The van der Waals surface area contributed by atoms with Crippen LogP contribution in [0, 0.1) is 12.7 Å². The second-order valence-corrected chi connectivity index (χ2v) is 4.91. The number of amides is 1. The van der Waals surface area contributed by atoms with Crippen LogP contribution in [-0.2, 0) is 6.18 Å². The minimum Gasteiger partial charge on any atom is -0.367 e. The molecular formula is C15H14F4N4O. The lowest BCUT2D eigenvalue weighted by Crippen LogP contribution is -2.30. The third-order valence-corrected chi connectivity index (χ3v) is 3.06. The van der Waals surface area contributed by atoms with Gasteiger partial charge in [0, 0.05) is 13.1 Å². The van der Waals surface area contributed by atoms with E-state index in [1.54, 1.807) is 19.1 Å². The fourth-order valence-electron chi connectivity index (χ4n) is 1.88. The molecule has 24 heavy (non-hydrogen) atoms. The van der Waals surface area contributed by atoms with Crippen molar-refractivity contribution in [2.45, 2.75) is 13.1 Å². The van der Waals surface area contributed by atoms with Crippen molar-refractivity contribution in [2.24, 2.45) is 0 Å². The predicted molar refractivity (Wildman–Crippen MR) is 79.0 cm³/mol. The molecule has 0 saturated carbocycles. The van der Waals surface area contributed by atoms with Gasteiger partial charge in [-0.15, -0.1) is 5.10 Å². The Hall–Kier alpha value is -2.71. The Morgan fingerprint density at radius 3 is 2.50 bits per heavy atom. The summed E-state index contributed by atoms with van der Waals surface area (Å²) in [4.78, 5) is 11.8. The zero-order chi connectivity index (χ0) is 17.7. The van der Waals surface area contributed by atoms with E-state index in [0.29, 0.717) is 11.9 Å². The van der Waals surface area contributed by atoms with Gasteiger partial charge in [-0.2, -0.15) is 18.3 Å². The van der Waals surface area contributed by atoms with Crippen LogP contribution in [0.4, 0.5) is 23.4 Å². The number of halogens is 4. The summed E-state index contributed by atoms with van der Waals surface area (Å²) in [6, 6.07) is 6.01. The molecule has 1 aromatic heterocycles. The van der Waals surface area contributed by atoms with Gasteiger partial charge in [-0.3, -0.25) is 4.79 Å². The molecule has 2 N–H and O–H groups in total. The number of aromatic nitrogens is 2. The molecule has 0 aliphatic heterocycles. The number of hydrogen-bond donors (Lipinski definition) is 2. The van der Waals surface area contributed by atoms with Crippen LogP contribution in [0.2, 0.25) is 0 Å². The molecule has 2 rings (SSSR count). The van der Waals surface area contributed by atoms with Gasteiger partial charge < -0.3 is 10.6 Å². The van der Waals surface area contributed by atoms with Gasteiger partial charge in [-0.05, 0) is 31.2 Å². The number of carbonyl (C=O) groups is 1. The molecule has 5 nitrogen and oxygen atoms in total. The second-order valence-electron chi connectivity index (χ2n) is 4.91. The van der Waals surface area contributed by atoms with Crippen LogP contribution in [0.15, 0.2) is 30.3 Å². The Morgan fingerprint density at radius 2 is 1.88 bits per heavy atom. The average molecular weight is 342 g/mol. The highest BCUT2D eigenvalue weighted by molar-refractivity contribution is 5.94. The van der Waals surface area contributed by atoms with Crippen LogP contribution in [0.3, 0.4) is 0 Å². The molecule has 0 fully saturated rings. The smallest absolute Gasteiger partial charge is 0.367 e. The van der Waals surface area contributed by atoms with E-state index in [1.165, 1.54) is 0 Å². The van der Waals surface area contributed by atoms with Gasteiger partial charge in [0.1, 0.15) is 11.6 Å². The maximum absolute atomic E-state index is 13.8. The van der Waals surface area contributed by atoms with Crippen LogP contribution in [0.5, 0.6) is 0 Å². The van der Waals surface area contributed by atoms with Crippen molar-refractivity contribution < 1.29 is 22.4 Å². The topological polar surface area (TPSA) is 66.9 Å². The highest BCUT2D eigenvalue weighted by atomic mass is 19.4. The van der Waals surface area contributed by atoms with Crippen LogP contribution in [-0.4, -0.2) is 29.2 Å². The summed E-state index contributed by atoms with van der Waals surface area (Å²) in [6.07, 6.45) is -4.86. The quantitative estimate of drug-likeness (QED) is 0.648. The Bertz CT molecular complexity index is 716. The van der Waals surface area contributed by atoms with Gasteiger partial charge in [0.05, 0.1) is 16.8 Å². The van der Waals surface area contributed by atoms with Gasteiger partial charge in [0.15, 0.2) is 0 Å². The van der Waals surface area contributed by atoms with Crippen molar-refractivity contribution in [3.8, 4) is 0 Å². The number of nitrogens with one attached hydrogen (secondary N) is 2. The molecule has 1 aromatic carbocycles. The van der Waals surface area contributed by atoms with Gasteiger partial charge in [0.25, 0.3) is 5.91 Å². The molecule has 128 valence electrons. The van der Waals surface area contributed by atoms with E-state index in [4.69, 9.17) is 0 Å². The van der Waals surface area contributed by atoms with Gasteiger partial charge in [0.2, 0.25) is 0 Å². The first-order valence-corrected chi connectivity index (χ1v) is 6.97. The molecule has 9 heteroatoms. The standard InChI is InChI=1S/C15H14F4N4O/c1-9-5-6-12(23-22-9)20-7-8-21-14(24)10-3-2-4-11(13(10)16)15(17,18)19/h2-6H,7-8H2,1H3,(H,20,23)(H,21,24). The second kappa shape index (κ2) is 7.24. The van der Waals surface area contributed by atoms with E-state index >= 15 is 0 Å². The van der Waals surface area contributed by atoms with Gasteiger partial charge in [-0.1, -0.05) is 6.07 Å². The monoisotopic (exact) mass is 342 g/mol. The third-order valence-electron chi connectivity index (χ3n) is 3.06. The molecule has 0 saturated heterocycles. The number of nitrogens with zero attached hydrogens (tertiary/aromatic N) is 2. The van der Waals surface area contributed by atoms with E-state index in [1.807, 2.05) is 0 Å². The molecule has 0 aliphatic rings. The van der Waals surface area contributed by atoms with Crippen molar-refractivity contribution >= 4 is 11.7 Å². The van der Waals surface area contributed by atoms with E-state index in [2.05, 4.69) is 20.8 Å². The normalized spacial score (nSPS) is 11.2. The van der Waals surface area contributed by atoms with Crippen molar-refractivity contribution in [2.75, 3.05) is 18.4 Å². The van der Waals surface area contributed by atoms with E-state index in [0.717, 1.165) is 17.8 Å². The molecule has 0 radical (unpaired) electrons. The summed E-state index contributed by atoms with van der Waals surface area (Å²) in [6.45, 7) is 2.11. The van der Waals surface area contributed by atoms with E-state index < -0.39 is 29.0 Å². The zero-order valence-electron chi connectivity index (χ0n) is 12.6. The number of alkyl halides is 3. The van der Waals surface area contributed by atoms with Crippen LogP contribution in [0.25, 0.3) is 0 Å². The van der Waals surface area contributed by atoms with Crippen molar-refractivity contribution in [3.63, 3.8) is 0 Å². The fraction of sp³-hybridized carbons (Fsp3) is 0.267. The Balaban J connectivity index is 1.92. The molecule has 0 aliphatic carbocycles. The molecule has 0 spiro atoms. The molecular weight excluding hydrogens is 328 g/mol. The lowest BCUT2D eigenvalue weighted by atomic mass is 10.1. The van der Waals surface area contributed by atoms with E-state index in [9.17, 15) is 22.4 Å². The number of rotatable bonds is 5. The van der Waals surface area contributed by atoms with Crippen molar-refractivity contribution in [1.29, 1.82) is 0 Å². The number of benzene rings is 1. The summed E-state index contributed by atoms with van der Waals surface area (Å²) in [7, 11) is 0. The fourth-order valence-corrected chi connectivity index (χ4v) is 1.88. The van der Waals surface area contributed by atoms with Crippen LogP contribution < -0.4 is 10.6 Å². The first-order chi connectivity index (χ1) is 11.3. The molecule has 0 bridgehead atoms. The molecule has 1 heterocycles. The summed E-state index contributed by atoms with van der Waals surface area (Å²) >= 11 is 0. The largest absolute Gasteiger partial charge is 0.419 e. The van der Waals surface area contributed by atoms with Gasteiger partial charge in [-0.25, -0.2) is 4.39 Å². The van der Waals surface area contributed by atoms with Crippen molar-refractivity contribution in [1.82, 2.24) is 15.5 Å². The number of carbonyl (C=O) groups excluding carboxylic acids is 1. The Kier molecular flexibility index (Phi) is 5.32. The average Bonchev–Trinajstić information content (AvgIpc) is 2.52. The summed E-state index contributed by atoms with van der Waals surface area (Å²) in [5.41, 5.74) is -1.38. The highest BCUT2D eigenvalue weighted by Gasteiger charge is 2.35. The van der Waals surface area contributed by atoms with Gasteiger partial charge >= 0.3 is 6.18 Å². The molecule has 2 aromatic rings. The highest BCUT2D eigenvalue weighted by Crippen LogP contribution is 2.32. The Morgan fingerprint density at radius 1 is 1.12 bits per heavy atom. The number of aryl methyl sites for hydroxylation is 1. The molecule has 1 amide bonds. The molecule has 0 unspecified atom stereocenters. The van der Waals surface area contributed by atoms with Crippen LogP contribution >= 0.6 is 0 Å². The lowest BCUT2D eigenvalue weighted by Gasteiger charge is -2.11. The first-order valence-electron chi connectivity index (χ1n) is 6.97. The summed E-state index contributed by atoms with van der Waals surface area (Å²) < 4.78 is 51.7. The lowest BCUT2D eigenvalue weighted by molar-refractivity contribution is -0.140.